The van der Waals surface area contributed by atoms with Crippen LogP contribution in [0.15, 0.2) is 22.7 Å². The van der Waals surface area contributed by atoms with Gasteiger partial charge in [-0.05, 0) is 51.2 Å². The molecule has 1 saturated heterocycles. The molecule has 1 fully saturated rings. The van der Waals surface area contributed by atoms with E-state index >= 15 is 0 Å². The summed E-state index contributed by atoms with van der Waals surface area (Å²) in [6.07, 6.45) is 2.50. The molecule has 0 unspecified atom stereocenters. The third kappa shape index (κ3) is 2.39. The molecule has 17 heavy (non-hydrogen) atoms. The summed E-state index contributed by atoms with van der Waals surface area (Å²) in [7, 11) is 2.20. The Morgan fingerprint density at radius 3 is 2.88 bits per heavy atom. The Morgan fingerprint density at radius 1 is 1.35 bits per heavy atom. The summed E-state index contributed by atoms with van der Waals surface area (Å²) in [6, 6.07) is 6.37. The summed E-state index contributed by atoms with van der Waals surface area (Å²) in [6.45, 7) is 2.40. The molecule has 2 aromatic rings. The van der Waals surface area contributed by atoms with E-state index in [9.17, 15) is 0 Å². The molecule has 3 rings (SSSR count). The lowest BCUT2D eigenvalue weighted by atomic mass is 9.98. The summed E-state index contributed by atoms with van der Waals surface area (Å²) in [5.74, 6) is 0.669. The second kappa shape index (κ2) is 4.67. The van der Waals surface area contributed by atoms with Gasteiger partial charge in [-0.1, -0.05) is 15.9 Å². The maximum Gasteiger partial charge on any atom is 0.0970 e. The topological polar surface area (TPSA) is 16.1 Å². The van der Waals surface area contributed by atoms with Gasteiger partial charge in [0.25, 0.3) is 0 Å². The normalized spacial score (nSPS) is 18.9. The van der Waals surface area contributed by atoms with Gasteiger partial charge in [-0.3, -0.25) is 0 Å². The number of nitrogens with zero attached hydrogens (tertiary/aromatic N) is 2. The third-order valence-corrected chi connectivity index (χ3v) is 5.13. The van der Waals surface area contributed by atoms with Crippen molar-refractivity contribution >= 4 is 37.5 Å². The van der Waals surface area contributed by atoms with Gasteiger partial charge in [0, 0.05) is 10.4 Å². The number of fused-ring (bicyclic) bond motifs is 1. The van der Waals surface area contributed by atoms with Crippen molar-refractivity contribution in [2.45, 2.75) is 18.8 Å². The zero-order valence-corrected chi connectivity index (χ0v) is 12.2. The number of hydrogen-bond acceptors (Lipinski definition) is 3. The number of benzene rings is 1. The van der Waals surface area contributed by atoms with Crippen molar-refractivity contribution in [3.8, 4) is 0 Å². The second-order valence-electron chi connectivity index (χ2n) is 4.74. The Kier molecular flexibility index (Phi) is 3.19. The lowest BCUT2D eigenvalue weighted by molar-refractivity contribution is 0.255. The van der Waals surface area contributed by atoms with Gasteiger partial charge in [0.05, 0.1) is 15.2 Å². The van der Waals surface area contributed by atoms with Crippen molar-refractivity contribution < 1.29 is 0 Å². The van der Waals surface area contributed by atoms with E-state index in [0.29, 0.717) is 5.92 Å². The van der Waals surface area contributed by atoms with Crippen molar-refractivity contribution in [2.75, 3.05) is 20.1 Å². The van der Waals surface area contributed by atoms with Crippen molar-refractivity contribution in [1.82, 2.24) is 9.88 Å². The van der Waals surface area contributed by atoms with Gasteiger partial charge < -0.3 is 4.90 Å². The predicted molar refractivity (Wildman–Crippen MR) is 76.8 cm³/mol. The van der Waals surface area contributed by atoms with E-state index in [1.165, 1.54) is 35.6 Å². The SMILES string of the molecule is CN1CCC(c2nc3cc(Br)ccc3s2)CC1. The Bertz CT molecular complexity index is 529. The zero-order chi connectivity index (χ0) is 11.8. The number of thiazole rings is 1. The van der Waals surface area contributed by atoms with E-state index in [0.717, 1.165) is 9.99 Å². The number of piperidine rings is 1. The van der Waals surface area contributed by atoms with Gasteiger partial charge in [-0.15, -0.1) is 11.3 Å². The summed E-state index contributed by atoms with van der Waals surface area (Å²) in [5.41, 5.74) is 1.14. The quantitative estimate of drug-likeness (QED) is 0.795. The van der Waals surface area contributed by atoms with Gasteiger partial charge in [-0.2, -0.15) is 0 Å². The molecule has 1 aromatic carbocycles. The Morgan fingerprint density at radius 2 is 2.12 bits per heavy atom. The summed E-state index contributed by atoms with van der Waals surface area (Å²) >= 11 is 5.37. The molecule has 1 aliphatic rings. The molecular weight excluding hydrogens is 296 g/mol. The first-order chi connectivity index (χ1) is 8.22. The highest BCUT2D eigenvalue weighted by Crippen LogP contribution is 2.34. The van der Waals surface area contributed by atoms with Crippen LogP contribution in [0.3, 0.4) is 0 Å². The van der Waals surface area contributed by atoms with Gasteiger partial charge in [-0.25, -0.2) is 4.98 Å². The third-order valence-electron chi connectivity index (χ3n) is 3.43. The number of halogens is 1. The first-order valence-electron chi connectivity index (χ1n) is 5.97. The van der Waals surface area contributed by atoms with E-state index in [2.05, 4.69) is 46.1 Å². The van der Waals surface area contributed by atoms with Gasteiger partial charge >= 0.3 is 0 Å². The van der Waals surface area contributed by atoms with Crippen LogP contribution in [0, 0.1) is 0 Å². The highest BCUT2D eigenvalue weighted by molar-refractivity contribution is 9.10. The van der Waals surface area contributed by atoms with Crippen LogP contribution in [-0.4, -0.2) is 30.0 Å². The molecule has 2 heterocycles. The van der Waals surface area contributed by atoms with Crippen LogP contribution in [-0.2, 0) is 0 Å². The van der Waals surface area contributed by atoms with Crippen LogP contribution < -0.4 is 0 Å². The van der Waals surface area contributed by atoms with E-state index in [1.807, 2.05) is 11.3 Å². The van der Waals surface area contributed by atoms with Crippen LogP contribution in [0.2, 0.25) is 0 Å². The molecule has 1 aromatic heterocycles. The molecule has 0 atom stereocenters. The van der Waals surface area contributed by atoms with E-state index in [4.69, 9.17) is 4.98 Å². The van der Waals surface area contributed by atoms with Crippen LogP contribution in [0.1, 0.15) is 23.8 Å². The molecule has 0 saturated carbocycles. The lowest BCUT2D eigenvalue weighted by Gasteiger charge is -2.27. The monoisotopic (exact) mass is 310 g/mol. The number of aromatic nitrogens is 1. The Balaban J connectivity index is 1.90. The first kappa shape index (κ1) is 11.6. The minimum Gasteiger partial charge on any atom is -0.306 e. The van der Waals surface area contributed by atoms with Crippen LogP contribution in [0.4, 0.5) is 0 Å². The minimum absolute atomic E-state index is 0.669. The molecule has 0 bridgehead atoms. The fraction of sp³-hybridized carbons (Fsp3) is 0.462. The molecular formula is C13H15BrN2S. The highest BCUT2D eigenvalue weighted by atomic mass is 79.9. The largest absolute Gasteiger partial charge is 0.306 e. The molecule has 2 nitrogen and oxygen atoms in total. The smallest absolute Gasteiger partial charge is 0.0970 e. The van der Waals surface area contributed by atoms with Gasteiger partial charge in [0.1, 0.15) is 0 Å². The predicted octanol–water partition coefficient (Wildman–Crippen LogP) is 3.87. The van der Waals surface area contributed by atoms with Crippen molar-refractivity contribution in [3.05, 3.63) is 27.7 Å². The number of rotatable bonds is 1. The van der Waals surface area contributed by atoms with Crippen molar-refractivity contribution in [3.63, 3.8) is 0 Å². The zero-order valence-electron chi connectivity index (χ0n) is 9.82. The van der Waals surface area contributed by atoms with Gasteiger partial charge in [0.15, 0.2) is 0 Å². The van der Waals surface area contributed by atoms with Crippen LogP contribution in [0.25, 0.3) is 10.2 Å². The number of hydrogen-bond donors (Lipinski definition) is 0. The van der Waals surface area contributed by atoms with Crippen molar-refractivity contribution in [2.24, 2.45) is 0 Å². The fourth-order valence-corrected chi connectivity index (χ4v) is 3.81. The maximum absolute atomic E-state index is 4.79. The summed E-state index contributed by atoms with van der Waals surface area (Å²) in [4.78, 5) is 7.20. The summed E-state index contributed by atoms with van der Waals surface area (Å²) in [5, 5.41) is 1.33. The average molecular weight is 311 g/mol. The lowest BCUT2D eigenvalue weighted by Crippen LogP contribution is -2.29. The standard InChI is InChI=1S/C13H15BrN2S/c1-16-6-4-9(5-7-16)13-15-11-8-10(14)2-3-12(11)17-13/h2-3,8-9H,4-7H2,1H3. The molecule has 0 amide bonds. The van der Waals surface area contributed by atoms with E-state index < -0.39 is 0 Å². The first-order valence-corrected chi connectivity index (χ1v) is 7.58. The van der Waals surface area contributed by atoms with E-state index in [1.54, 1.807) is 0 Å². The fourth-order valence-electron chi connectivity index (χ4n) is 2.35. The molecule has 0 spiro atoms. The highest BCUT2D eigenvalue weighted by Gasteiger charge is 2.21. The molecule has 0 radical (unpaired) electrons. The maximum atomic E-state index is 4.79. The molecule has 0 N–H and O–H groups in total. The molecule has 90 valence electrons. The van der Waals surface area contributed by atoms with Crippen LogP contribution in [0.5, 0.6) is 0 Å². The van der Waals surface area contributed by atoms with Crippen molar-refractivity contribution in [1.29, 1.82) is 0 Å². The number of likely N-dealkylation sites (tertiary alicyclic amines) is 1. The second-order valence-corrected chi connectivity index (χ2v) is 6.72. The Hall–Kier alpha value is -0.450. The summed E-state index contributed by atoms with van der Waals surface area (Å²) < 4.78 is 2.42. The minimum atomic E-state index is 0.669. The van der Waals surface area contributed by atoms with Crippen LogP contribution >= 0.6 is 27.3 Å². The average Bonchev–Trinajstić information content (AvgIpc) is 2.72. The molecule has 1 aliphatic heterocycles. The molecule has 0 aliphatic carbocycles. The van der Waals surface area contributed by atoms with E-state index in [-0.39, 0.29) is 0 Å². The molecule has 4 heteroatoms. The van der Waals surface area contributed by atoms with Gasteiger partial charge in [0.2, 0.25) is 0 Å². The Labute approximate surface area is 114 Å².